The molecule has 33 heavy (non-hydrogen) atoms. The molecule has 0 spiro atoms. The molecule has 0 bridgehead atoms. The van der Waals surface area contributed by atoms with E-state index in [4.69, 9.17) is 4.74 Å². The van der Waals surface area contributed by atoms with Gasteiger partial charge in [0.15, 0.2) is 0 Å². The van der Waals surface area contributed by atoms with E-state index in [0.29, 0.717) is 12.0 Å². The van der Waals surface area contributed by atoms with Gasteiger partial charge in [0, 0.05) is 45.2 Å². The van der Waals surface area contributed by atoms with Crippen molar-refractivity contribution in [2.75, 3.05) is 0 Å². The second-order valence-corrected chi connectivity index (χ2v) is 9.75. The number of phenolic OH excluding ortho intramolecular Hbond substituents is 1. The number of pyridine rings is 1. The maximum atomic E-state index is 12.1. The summed E-state index contributed by atoms with van der Waals surface area (Å²) in [5.74, 6) is -0.205. The van der Waals surface area contributed by atoms with Crippen LogP contribution in [0.1, 0.15) is 24.2 Å². The van der Waals surface area contributed by atoms with Gasteiger partial charge in [-0.3, -0.25) is 9.78 Å². The molecule has 0 radical (unpaired) electrons. The molecule has 1 N–H and O–H groups in total. The van der Waals surface area contributed by atoms with Crippen molar-refractivity contribution < 1.29 is 14.6 Å². The largest absolute Gasteiger partial charge is 0.507 e. The van der Waals surface area contributed by atoms with Crippen LogP contribution in [0.15, 0.2) is 81.9 Å². The summed E-state index contributed by atoms with van der Waals surface area (Å²) in [6.07, 6.45) is 1.72. The zero-order valence-electron chi connectivity index (χ0n) is 17.7. The predicted molar refractivity (Wildman–Crippen MR) is 136 cm³/mol. The van der Waals surface area contributed by atoms with Crippen molar-refractivity contribution in [2.24, 2.45) is 0 Å². The molecule has 5 rings (SSSR count). The molecule has 0 saturated carbocycles. The van der Waals surface area contributed by atoms with Gasteiger partial charge in [0.25, 0.3) is 0 Å². The molecule has 1 unspecified atom stereocenters. The van der Waals surface area contributed by atoms with Gasteiger partial charge >= 0.3 is 5.97 Å². The molecule has 164 valence electrons. The molecule has 1 atom stereocenters. The Balaban J connectivity index is 1.78. The number of carbonyl (C=O) groups excluding carboxylic acids is 1. The van der Waals surface area contributed by atoms with Crippen LogP contribution in [0.5, 0.6) is 5.75 Å². The van der Waals surface area contributed by atoms with Gasteiger partial charge < -0.3 is 9.84 Å². The molecular formula is C27H19Br2NO3. The van der Waals surface area contributed by atoms with Crippen LogP contribution in [-0.2, 0) is 16.0 Å². The van der Waals surface area contributed by atoms with Crippen LogP contribution in [0.25, 0.3) is 33.5 Å². The van der Waals surface area contributed by atoms with Crippen molar-refractivity contribution in [1.29, 1.82) is 0 Å². The topological polar surface area (TPSA) is 59.4 Å². The number of hydrogen-bond acceptors (Lipinski definition) is 4. The highest BCUT2D eigenvalue weighted by molar-refractivity contribution is 9.10. The first-order valence-corrected chi connectivity index (χ1v) is 12.0. The lowest BCUT2D eigenvalue weighted by atomic mass is 9.77. The maximum Gasteiger partial charge on any atom is 0.303 e. The summed E-state index contributed by atoms with van der Waals surface area (Å²) in [5.41, 5.74) is 7.13. The summed E-state index contributed by atoms with van der Waals surface area (Å²) in [6.45, 7) is 1.42. The van der Waals surface area contributed by atoms with Gasteiger partial charge in [-0.05, 0) is 68.5 Å². The van der Waals surface area contributed by atoms with Crippen LogP contribution < -0.4 is 0 Å². The molecule has 6 heteroatoms. The van der Waals surface area contributed by atoms with Gasteiger partial charge in [-0.25, -0.2) is 0 Å². The van der Waals surface area contributed by atoms with Gasteiger partial charge in [-0.1, -0.05) is 52.3 Å². The van der Waals surface area contributed by atoms with Gasteiger partial charge in [0.1, 0.15) is 11.9 Å². The third-order valence-electron chi connectivity index (χ3n) is 5.85. The van der Waals surface area contributed by atoms with Crippen molar-refractivity contribution in [3.63, 3.8) is 0 Å². The Kier molecular flexibility index (Phi) is 5.81. The Morgan fingerprint density at radius 1 is 0.939 bits per heavy atom. The highest BCUT2D eigenvalue weighted by Gasteiger charge is 2.33. The lowest BCUT2D eigenvalue weighted by Gasteiger charge is -2.31. The highest BCUT2D eigenvalue weighted by atomic mass is 79.9. The number of phenols is 1. The van der Waals surface area contributed by atoms with Gasteiger partial charge in [0.2, 0.25) is 0 Å². The van der Waals surface area contributed by atoms with Crippen LogP contribution in [0, 0.1) is 0 Å². The fraction of sp³-hybridized carbons (Fsp3) is 0.111. The third-order valence-corrected chi connectivity index (χ3v) is 6.84. The summed E-state index contributed by atoms with van der Waals surface area (Å²) in [6, 6.07) is 21.5. The average Bonchev–Trinajstić information content (AvgIpc) is 2.80. The van der Waals surface area contributed by atoms with E-state index in [2.05, 4.69) is 36.8 Å². The molecular weight excluding hydrogens is 546 g/mol. The SMILES string of the molecule is CC(=O)OC1Cc2c(-c3ccc(Br)cn3)cccc2-c2c(O)ccc(-c3ccc(Br)cc3)c21. The van der Waals surface area contributed by atoms with Crippen molar-refractivity contribution in [3.05, 3.63) is 93.0 Å². The number of nitrogens with zero attached hydrogens (tertiary/aromatic N) is 1. The number of carbonyl (C=O) groups is 1. The smallest absolute Gasteiger partial charge is 0.303 e. The van der Waals surface area contributed by atoms with E-state index in [-0.39, 0.29) is 11.7 Å². The van der Waals surface area contributed by atoms with Crippen LogP contribution in [0.4, 0.5) is 0 Å². The Morgan fingerprint density at radius 3 is 2.36 bits per heavy atom. The Labute approximate surface area is 208 Å². The van der Waals surface area contributed by atoms with Gasteiger partial charge in [-0.2, -0.15) is 0 Å². The standard InChI is InChI=1S/C27H19Br2NO3/c1-15(31)33-25-13-22-20(23-11-9-18(29)14-30-23)3-2-4-21(22)26-24(32)12-10-19(27(25)26)16-5-7-17(28)8-6-16/h2-12,14,25,32H,13H2,1H3. The molecule has 1 aromatic heterocycles. The monoisotopic (exact) mass is 563 g/mol. The molecule has 0 fully saturated rings. The summed E-state index contributed by atoms with van der Waals surface area (Å²) in [4.78, 5) is 16.7. The molecule has 1 heterocycles. The van der Waals surface area contributed by atoms with Gasteiger partial charge in [-0.15, -0.1) is 0 Å². The summed E-state index contributed by atoms with van der Waals surface area (Å²) in [7, 11) is 0. The molecule has 0 aliphatic heterocycles. The number of hydrogen-bond donors (Lipinski definition) is 1. The molecule has 4 aromatic rings. The van der Waals surface area contributed by atoms with E-state index in [1.54, 1.807) is 12.3 Å². The van der Waals surface area contributed by atoms with E-state index in [1.807, 2.05) is 60.7 Å². The van der Waals surface area contributed by atoms with E-state index >= 15 is 0 Å². The third kappa shape index (κ3) is 4.09. The quantitative estimate of drug-likeness (QED) is 0.262. The fourth-order valence-corrected chi connectivity index (χ4v) is 5.01. The number of halogens is 2. The zero-order chi connectivity index (χ0) is 23.1. The molecule has 4 nitrogen and oxygen atoms in total. The second kappa shape index (κ2) is 8.76. The lowest BCUT2D eigenvalue weighted by Crippen LogP contribution is -2.18. The van der Waals surface area contributed by atoms with Crippen molar-refractivity contribution in [3.8, 4) is 39.3 Å². The van der Waals surface area contributed by atoms with Gasteiger partial charge in [0.05, 0.1) is 5.69 Å². The van der Waals surface area contributed by atoms with Crippen LogP contribution >= 0.6 is 31.9 Å². The maximum absolute atomic E-state index is 12.1. The fourth-order valence-electron chi connectivity index (χ4n) is 4.51. The number of rotatable bonds is 3. The minimum atomic E-state index is -0.535. The summed E-state index contributed by atoms with van der Waals surface area (Å²) in [5, 5.41) is 11.0. The number of ether oxygens (including phenoxy) is 1. The van der Waals surface area contributed by atoms with E-state index < -0.39 is 6.10 Å². The van der Waals surface area contributed by atoms with E-state index in [1.165, 1.54) is 6.92 Å². The first kappa shape index (κ1) is 21.9. The predicted octanol–water partition coefficient (Wildman–Crippen LogP) is 7.47. The molecule has 1 aliphatic carbocycles. The summed E-state index contributed by atoms with van der Waals surface area (Å²) >= 11 is 6.93. The number of benzene rings is 3. The normalized spacial score (nSPS) is 14.3. The first-order chi connectivity index (χ1) is 15.9. The van der Waals surface area contributed by atoms with E-state index in [0.717, 1.165) is 48.0 Å². The van der Waals surface area contributed by atoms with Crippen molar-refractivity contribution >= 4 is 37.8 Å². The van der Waals surface area contributed by atoms with Crippen LogP contribution in [0.3, 0.4) is 0 Å². The van der Waals surface area contributed by atoms with Crippen LogP contribution in [0.2, 0.25) is 0 Å². The molecule has 0 amide bonds. The number of aromatic hydroxyl groups is 1. The first-order valence-electron chi connectivity index (χ1n) is 10.5. The lowest BCUT2D eigenvalue weighted by molar-refractivity contribution is -0.146. The molecule has 1 aliphatic rings. The minimum Gasteiger partial charge on any atom is -0.507 e. The number of fused-ring (bicyclic) bond motifs is 3. The Morgan fingerprint density at radius 2 is 1.67 bits per heavy atom. The minimum absolute atomic E-state index is 0.157. The Hall–Kier alpha value is -2.96. The summed E-state index contributed by atoms with van der Waals surface area (Å²) < 4.78 is 7.72. The second-order valence-electron chi connectivity index (χ2n) is 7.92. The highest BCUT2D eigenvalue weighted by Crippen LogP contribution is 2.50. The van der Waals surface area contributed by atoms with Crippen LogP contribution in [-0.4, -0.2) is 16.1 Å². The molecule has 0 saturated heterocycles. The number of aromatic nitrogens is 1. The average molecular weight is 565 g/mol. The number of esters is 1. The van der Waals surface area contributed by atoms with Crippen molar-refractivity contribution in [1.82, 2.24) is 4.98 Å². The Bertz CT molecular complexity index is 1370. The van der Waals surface area contributed by atoms with Crippen molar-refractivity contribution in [2.45, 2.75) is 19.4 Å². The zero-order valence-corrected chi connectivity index (χ0v) is 20.9. The van der Waals surface area contributed by atoms with E-state index in [9.17, 15) is 9.90 Å². The molecule has 3 aromatic carbocycles.